The van der Waals surface area contributed by atoms with Gasteiger partial charge in [-0.3, -0.25) is 0 Å². The van der Waals surface area contributed by atoms with Crippen molar-refractivity contribution in [3.05, 3.63) is 0 Å². The Labute approximate surface area is 109 Å². The number of hydrogen-bond acceptors (Lipinski definition) is 3. The number of nitrogens with zero attached hydrogens (tertiary/aromatic N) is 4. The van der Waals surface area contributed by atoms with Crippen LogP contribution < -0.4 is 0 Å². The molecule has 2 saturated heterocycles. The van der Waals surface area contributed by atoms with Gasteiger partial charge in [-0.2, -0.15) is 5.26 Å². The lowest BCUT2D eigenvalue weighted by Gasteiger charge is -2.34. The summed E-state index contributed by atoms with van der Waals surface area (Å²) in [5.74, 6) is 0.613. The molecule has 2 aliphatic heterocycles. The molecule has 2 rings (SSSR count). The van der Waals surface area contributed by atoms with Gasteiger partial charge in [-0.05, 0) is 38.9 Å². The predicted molar refractivity (Wildman–Crippen MR) is 69.0 cm³/mol. The van der Waals surface area contributed by atoms with Crippen LogP contribution in [0.3, 0.4) is 0 Å². The van der Waals surface area contributed by atoms with E-state index in [-0.39, 0.29) is 6.03 Å². The monoisotopic (exact) mass is 250 g/mol. The van der Waals surface area contributed by atoms with Gasteiger partial charge >= 0.3 is 6.03 Å². The van der Waals surface area contributed by atoms with Gasteiger partial charge in [0.05, 0.1) is 18.5 Å². The molecule has 0 bridgehead atoms. The van der Waals surface area contributed by atoms with E-state index in [1.807, 2.05) is 16.8 Å². The maximum Gasteiger partial charge on any atom is 0.320 e. The molecule has 2 amide bonds. The minimum Gasteiger partial charge on any atom is -0.323 e. The van der Waals surface area contributed by atoms with E-state index in [4.69, 9.17) is 5.26 Å². The summed E-state index contributed by atoms with van der Waals surface area (Å²) in [5.41, 5.74) is 0. The van der Waals surface area contributed by atoms with E-state index in [2.05, 4.69) is 18.0 Å². The molecule has 5 heteroatoms. The minimum atomic E-state index is 0.0918. The van der Waals surface area contributed by atoms with E-state index < -0.39 is 0 Å². The molecular formula is C13H22N4O. The van der Waals surface area contributed by atoms with Gasteiger partial charge in [-0.1, -0.05) is 0 Å². The fraction of sp³-hybridized carbons (Fsp3) is 0.846. The molecule has 0 saturated carbocycles. The van der Waals surface area contributed by atoms with Gasteiger partial charge in [0, 0.05) is 20.1 Å². The highest BCUT2D eigenvalue weighted by atomic mass is 16.2. The average molecular weight is 250 g/mol. The minimum absolute atomic E-state index is 0.0918. The molecule has 100 valence electrons. The fourth-order valence-corrected chi connectivity index (χ4v) is 3.04. The van der Waals surface area contributed by atoms with Gasteiger partial charge in [-0.15, -0.1) is 0 Å². The third-order valence-corrected chi connectivity index (χ3v) is 4.28. The Morgan fingerprint density at radius 2 is 2.00 bits per heavy atom. The molecule has 18 heavy (non-hydrogen) atoms. The molecule has 0 spiro atoms. The summed E-state index contributed by atoms with van der Waals surface area (Å²) in [7, 11) is 4.05. The van der Waals surface area contributed by atoms with Crippen molar-refractivity contribution in [2.24, 2.45) is 5.92 Å². The van der Waals surface area contributed by atoms with Gasteiger partial charge in [0.2, 0.25) is 0 Å². The van der Waals surface area contributed by atoms with E-state index >= 15 is 0 Å². The SMILES string of the molecule is CN1CCC(C2CN(CCC#N)C(=O)N2C)CC1. The van der Waals surface area contributed by atoms with Crippen LogP contribution in [-0.4, -0.2) is 67.0 Å². The standard InChI is InChI=1S/C13H22N4O/c1-15-8-4-11(5-9-15)12-10-17(7-3-6-14)13(18)16(12)2/h11-12H,3-5,7-10H2,1-2H3. The summed E-state index contributed by atoms with van der Waals surface area (Å²) in [6.07, 6.45) is 2.77. The highest BCUT2D eigenvalue weighted by molar-refractivity contribution is 5.77. The second-order valence-corrected chi connectivity index (χ2v) is 5.46. The van der Waals surface area contributed by atoms with Crippen molar-refractivity contribution < 1.29 is 4.79 Å². The summed E-state index contributed by atoms with van der Waals surface area (Å²) in [6, 6.07) is 2.54. The number of likely N-dealkylation sites (N-methyl/N-ethyl adjacent to an activating group) is 1. The highest BCUT2D eigenvalue weighted by Gasteiger charge is 2.39. The number of amides is 2. The Hall–Kier alpha value is -1.28. The smallest absolute Gasteiger partial charge is 0.320 e. The first-order valence-corrected chi connectivity index (χ1v) is 6.70. The number of likely N-dealkylation sites (tertiary alicyclic amines) is 1. The normalized spacial score (nSPS) is 26.7. The number of carbonyl (C=O) groups is 1. The number of urea groups is 1. The first kappa shape index (κ1) is 13.2. The van der Waals surface area contributed by atoms with Crippen LogP contribution >= 0.6 is 0 Å². The molecule has 0 aliphatic carbocycles. The van der Waals surface area contributed by atoms with Crippen molar-refractivity contribution in [3.63, 3.8) is 0 Å². The summed E-state index contributed by atoms with van der Waals surface area (Å²) in [4.78, 5) is 18.1. The van der Waals surface area contributed by atoms with Crippen LogP contribution in [0.4, 0.5) is 4.79 Å². The quantitative estimate of drug-likeness (QED) is 0.750. The highest BCUT2D eigenvalue weighted by Crippen LogP contribution is 2.28. The number of nitriles is 1. The van der Waals surface area contributed by atoms with E-state index in [0.717, 1.165) is 19.6 Å². The summed E-state index contributed by atoms with van der Waals surface area (Å²) in [6.45, 7) is 3.62. The van der Waals surface area contributed by atoms with Crippen LogP contribution in [0, 0.1) is 17.2 Å². The second-order valence-electron chi connectivity index (χ2n) is 5.46. The maximum absolute atomic E-state index is 12.1. The third kappa shape index (κ3) is 2.59. The number of rotatable bonds is 3. The average Bonchev–Trinajstić information content (AvgIpc) is 2.65. The Kier molecular flexibility index (Phi) is 4.07. The predicted octanol–water partition coefficient (Wildman–Crippen LogP) is 0.978. The van der Waals surface area contributed by atoms with Crippen LogP contribution in [0.2, 0.25) is 0 Å². The van der Waals surface area contributed by atoms with Gasteiger partial charge in [0.25, 0.3) is 0 Å². The van der Waals surface area contributed by atoms with E-state index in [1.165, 1.54) is 12.8 Å². The Morgan fingerprint density at radius 3 is 2.61 bits per heavy atom. The van der Waals surface area contributed by atoms with Crippen molar-refractivity contribution in [3.8, 4) is 6.07 Å². The van der Waals surface area contributed by atoms with Gasteiger partial charge in [0.15, 0.2) is 0 Å². The van der Waals surface area contributed by atoms with Gasteiger partial charge in [0.1, 0.15) is 0 Å². The Morgan fingerprint density at radius 1 is 1.33 bits per heavy atom. The van der Waals surface area contributed by atoms with Crippen LogP contribution in [0.25, 0.3) is 0 Å². The van der Waals surface area contributed by atoms with E-state index in [0.29, 0.717) is 24.9 Å². The van der Waals surface area contributed by atoms with Gasteiger partial charge in [-0.25, -0.2) is 4.79 Å². The molecule has 0 aromatic heterocycles. The molecule has 2 aliphatic rings. The molecule has 1 unspecified atom stereocenters. The van der Waals surface area contributed by atoms with Crippen molar-refractivity contribution in [1.29, 1.82) is 5.26 Å². The van der Waals surface area contributed by atoms with Crippen molar-refractivity contribution in [2.45, 2.75) is 25.3 Å². The fourth-order valence-electron chi connectivity index (χ4n) is 3.04. The van der Waals surface area contributed by atoms with Crippen LogP contribution in [0.5, 0.6) is 0 Å². The maximum atomic E-state index is 12.1. The van der Waals surface area contributed by atoms with E-state index in [9.17, 15) is 4.79 Å². The molecule has 0 N–H and O–H groups in total. The molecule has 2 fully saturated rings. The van der Waals surface area contributed by atoms with Crippen LogP contribution in [-0.2, 0) is 0 Å². The Balaban J connectivity index is 1.94. The lowest BCUT2D eigenvalue weighted by Crippen LogP contribution is -2.42. The first-order valence-electron chi connectivity index (χ1n) is 6.70. The largest absolute Gasteiger partial charge is 0.323 e. The molecule has 5 nitrogen and oxygen atoms in total. The molecule has 0 aromatic rings. The summed E-state index contributed by atoms with van der Waals surface area (Å²) < 4.78 is 0. The molecule has 2 heterocycles. The van der Waals surface area contributed by atoms with Crippen LogP contribution in [0.15, 0.2) is 0 Å². The zero-order chi connectivity index (χ0) is 13.1. The molecular weight excluding hydrogens is 228 g/mol. The van der Waals surface area contributed by atoms with Crippen molar-refractivity contribution in [2.75, 3.05) is 40.3 Å². The number of piperidine rings is 1. The van der Waals surface area contributed by atoms with Gasteiger partial charge < -0.3 is 14.7 Å². The Bertz CT molecular complexity index is 343. The lowest BCUT2D eigenvalue weighted by atomic mass is 9.89. The third-order valence-electron chi connectivity index (χ3n) is 4.28. The van der Waals surface area contributed by atoms with E-state index in [1.54, 1.807) is 0 Å². The van der Waals surface area contributed by atoms with Crippen molar-refractivity contribution >= 4 is 6.03 Å². The number of carbonyl (C=O) groups excluding carboxylic acids is 1. The topological polar surface area (TPSA) is 50.6 Å². The molecule has 0 radical (unpaired) electrons. The van der Waals surface area contributed by atoms with Crippen LogP contribution in [0.1, 0.15) is 19.3 Å². The number of hydrogen-bond donors (Lipinski definition) is 0. The zero-order valence-corrected chi connectivity index (χ0v) is 11.3. The first-order chi connectivity index (χ1) is 8.63. The lowest BCUT2D eigenvalue weighted by molar-refractivity contribution is 0.150. The molecule has 0 aromatic carbocycles. The summed E-state index contributed by atoms with van der Waals surface area (Å²) >= 11 is 0. The second kappa shape index (κ2) is 5.57. The zero-order valence-electron chi connectivity index (χ0n) is 11.3. The summed E-state index contributed by atoms with van der Waals surface area (Å²) in [5, 5.41) is 8.62. The van der Waals surface area contributed by atoms with Crippen molar-refractivity contribution in [1.82, 2.24) is 14.7 Å². The molecule has 1 atom stereocenters.